The van der Waals surface area contributed by atoms with E-state index in [1.54, 1.807) is 6.07 Å². The molecule has 1 aromatic heterocycles. The molecule has 5 nitrogen and oxygen atoms in total. The van der Waals surface area contributed by atoms with Gasteiger partial charge in [0.1, 0.15) is 6.42 Å². The molecule has 0 radical (unpaired) electrons. The SMILES string of the molecule is COC(=O)CC#Cc1cncc(C(=O)OC)c1. The van der Waals surface area contributed by atoms with Gasteiger partial charge in [0.15, 0.2) is 0 Å². The Morgan fingerprint density at radius 2 is 2.06 bits per heavy atom. The number of ether oxygens (including phenoxy) is 2. The van der Waals surface area contributed by atoms with E-state index in [4.69, 9.17) is 0 Å². The topological polar surface area (TPSA) is 65.5 Å². The molecule has 0 atom stereocenters. The highest BCUT2D eigenvalue weighted by atomic mass is 16.5. The van der Waals surface area contributed by atoms with E-state index in [2.05, 4.69) is 26.3 Å². The fourth-order valence-electron chi connectivity index (χ4n) is 1.03. The number of rotatable bonds is 2. The van der Waals surface area contributed by atoms with Gasteiger partial charge < -0.3 is 9.47 Å². The summed E-state index contributed by atoms with van der Waals surface area (Å²) in [6.45, 7) is 0. The van der Waals surface area contributed by atoms with Crippen LogP contribution in [0.15, 0.2) is 18.5 Å². The highest BCUT2D eigenvalue weighted by Crippen LogP contribution is 2.02. The van der Waals surface area contributed by atoms with Gasteiger partial charge in [0.25, 0.3) is 0 Å². The highest BCUT2D eigenvalue weighted by Gasteiger charge is 2.05. The summed E-state index contributed by atoms with van der Waals surface area (Å²) in [5.41, 5.74) is 0.856. The van der Waals surface area contributed by atoms with Crippen LogP contribution in [0.5, 0.6) is 0 Å². The molecular weight excluding hydrogens is 222 g/mol. The first-order chi connectivity index (χ1) is 8.17. The number of methoxy groups -OCH3 is 2. The summed E-state index contributed by atoms with van der Waals surface area (Å²) >= 11 is 0. The van der Waals surface area contributed by atoms with Crippen LogP contribution in [0.25, 0.3) is 0 Å². The van der Waals surface area contributed by atoms with E-state index >= 15 is 0 Å². The van der Waals surface area contributed by atoms with Crippen molar-refractivity contribution in [1.82, 2.24) is 4.98 Å². The fourth-order valence-corrected chi connectivity index (χ4v) is 1.03. The van der Waals surface area contributed by atoms with Gasteiger partial charge in [0, 0.05) is 18.0 Å². The van der Waals surface area contributed by atoms with Crippen molar-refractivity contribution in [3.8, 4) is 11.8 Å². The summed E-state index contributed by atoms with van der Waals surface area (Å²) < 4.78 is 8.99. The Balaban J connectivity index is 2.78. The monoisotopic (exact) mass is 233 g/mol. The molecule has 0 aromatic carbocycles. The number of nitrogens with zero attached hydrogens (tertiary/aromatic N) is 1. The van der Waals surface area contributed by atoms with Gasteiger partial charge in [-0.25, -0.2) is 4.79 Å². The van der Waals surface area contributed by atoms with Crippen LogP contribution in [-0.4, -0.2) is 31.1 Å². The molecule has 0 unspecified atom stereocenters. The number of aromatic nitrogens is 1. The van der Waals surface area contributed by atoms with Crippen molar-refractivity contribution < 1.29 is 19.1 Å². The van der Waals surface area contributed by atoms with Crippen LogP contribution >= 0.6 is 0 Å². The molecule has 0 aliphatic rings. The predicted octanol–water partition coefficient (Wildman–Crippen LogP) is 0.783. The van der Waals surface area contributed by atoms with Gasteiger partial charge in [0.05, 0.1) is 19.8 Å². The van der Waals surface area contributed by atoms with Crippen LogP contribution < -0.4 is 0 Å². The second kappa shape index (κ2) is 6.28. The molecule has 0 fully saturated rings. The van der Waals surface area contributed by atoms with Crippen molar-refractivity contribution in [2.24, 2.45) is 0 Å². The van der Waals surface area contributed by atoms with Crippen molar-refractivity contribution in [3.05, 3.63) is 29.6 Å². The lowest BCUT2D eigenvalue weighted by molar-refractivity contribution is -0.139. The Hall–Kier alpha value is -2.35. The van der Waals surface area contributed by atoms with E-state index in [0.29, 0.717) is 11.1 Å². The first-order valence-corrected chi connectivity index (χ1v) is 4.76. The standard InChI is InChI=1S/C12H11NO4/c1-16-11(14)5-3-4-9-6-10(8-13-7-9)12(15)17-2/h6-8H,5H2,1-2H3. The van der Waals surface area contributed by atoms with Crippen LogP contribution in [0.4, 0.5) is 0 Å². The van der Waals surface area contributed by atoms with Crippen LogP contribution in [0.3, 0.4) is 0 Å². The average Bonchev–Trinajstić information content (AvgIpc) is 2.38. The van der Waals surface area contributed by atoms with Crippen molar-refractivity contribution in [1.29, 1.82) is 0 Å². The normalized spacial score (nSPS) is 8.82. The summed E-state index contributed by atoms with van der Waals surface area (Å²) in [6, 6.07) is 1.54. The minimum absolute atomic E-state index is 0.00104. The summed E-state index contributed by atoms with van der Waals surface area (Å²) in [5.74, 6) is 4.44. The van der Waals surface area contributed by atoms with Crippen molar-refractivity contribution in [2.75, 3.05) is 14.2 Å². The molecule has 0 bridgehead atoms. The number of pyridine rings is 1. The zero-order valence-corrected chi connectivity index (χ0v) is 9.52. The first-order valence-electron chi connectivity index (χ1n) is 4.76. The second-order valence-electron chi connectivity index (χ2n) is 3.01. The van der Waals surface area contributed by atoms with Crippen LogP contribution in [0, 0.1) is 11.8 Å². The number of carbonyl (C=O) groups is 2. The van der Waals surface area contributed by atoms with Gasteiger partial charge in [-0.3, -0.25) is 9.78 Å². The maximum Gasteiger partial charge on any atom is 0.339 e. The van der Waals surface area contributed by atoms with E-state index in [0.717, 1.165) is 0 Å². The van der Waals surface area contributed by atoms with Gasteiger partial charge in [-0.1, -0.05) is 11.8 Å². The number of hydrogen-bond donors (Lipinski definition) is 0. The third kappa shape index (κ3) is 3.95. The average molecular weight is 233 g/mol. The van der Waals surface area contributed by atoms with E-state index in [1.807, 2.05) is 0 Å². The molecule has 0 aliphatic carbocycles. The number of hydrogen-bond acceptors (Lipinski definition) is 5. The molecule has 0 saturated carbocycles. The van der Waals surface area contributed by atoms with Crippen molar-refractivity contribution in [2.45, 2.75) is 6.42 Å². The predicted molar refractivity (Wildman–Crippen MR) is 59.1 cm³/mol. The van der Waals surface area contributed by atoms with E-state index in [1.165, 1.54) is 26.6 Å². The maximum atomic E-state index is 11.2. The largest absolute Gasteiger partial charge is 0.468 e. The van der Waals surface area contributed by atoms with Crippen LogP contribution in [0.1, 0.15) is 22.3 Å². The zero-order valence-electron chi connectivity index (χ0n) is 9.52. The summed E-state index contributed by atoms with van der Waals surface area (Å²) in [6.07, 6.45) is 2.88. The summed E-state index contributed by atoms with van der Waals surface area (Å²) in [4.78, 5) is 25.9. The molecule has 5 heteroatoms. The molecule has 1 heterocycles. The molecule has 17 heavy (non-hydrogen) atoms. The Kier molecular flexibility index (Phi) is 4.70. The maximum absolute atomic E-state index is 11.2. The van der Waals surface area contributed by atoms with Gasteiger partial charge in [-0.15, -0.1) is 0 Å². The number of carbonyl (C=O) groups excluding carboxylic acids is 2. The molecule has 1 aromatic rings. The first kappa shape index (κ1) is 12.7. The van der Waals surface area contributed by atoms with E-state index in [9.17, 15) is 9.59 Å². The lowest BCUT2D eigenvalue weighted by atomic mass is 10.2. The van der Waals surface area contributed by atoms with Crippen LogP contribution in [-0.2, 0) is 14.3 Å². The van der Waals surface area contributed by atoms with Crippen molar-refractivity contribution >= 4 is 11.9 Å². The minimum atomic E-state index is -0.478. The lowest BCUT2D eigenvalue weighted by Gasteiger charge is -1.98. The highest BCUT2D eigenvalue weighted by molar-refractivity contribution is 5.89. The fraction of sp³-hybridized carbons (Fsp3) is 0.250. The Bertz CT molecular complexity index is 485. The zero-order chi connectivity index (χ0) is 12.7. The smallest absolute Gasteiger partial charge is 0.339 e. The Morgan fingerprint density at radius 3 is 2.71 bits per heavy atom. The third-order valence-electron chi connectivity index (χ3n) is 1.85. The molecule has 1 rings (SSSR count). The van der Waals surface area contributed by atoms with Gasteiger partial charge >= 0.3 is 11.9 Å². The molecule has 0 saturated heterocycles. The number of esters is 2. The molecule has 0 aliphatic heterocycles. The molecule has 88 valence electrons. The van der Waals surface area contributed by atoms with E-state index in [-0.39, 0.29) is 6.42 Å². The Labute approximate surface area is 98.8 Å². The van der Waals surface area contributed by atoms with Gasteiger partial charge in [-0.2, -0.15) is 0 Å². The lowest BCUT2D eigenvalue weighted by Crippen LogP contribution is -2.02. The Morgan fingerprint density at radius 1 is 1.29 bits per heavy atom. The van der Waals surface area contributed by atoms with Crippen LogP contribution in [0.2, 0.25) is 0 Å². The molecular formula is C12H11NO4. The van der Waals surface area contributed by atoms with Gasteiger partial charge in [-0.05, 0) is 6.07 Å². The van der Waals surface area contributed by atoms with E-state index < -0.39 is 11.9 Å². The third-order valence-corrected chi connectivity index (χ3v) is 1.85. The second-order valence-corrected chi connectivity index (χ2v) is 3.01. The minimum Gasteiger partial charge on any atom is -0.468 e. The van der Waals surface area contributed by atoms with Crippen molar-refractivity contribution in [3.63, 3.8) is 0 Å². The molecule has 0 spiro atoms. The summed E-state index contributed by atoms with van der Waals surface area (Å²) in [7, 11) is 2.58. The quantitative estimate of drug-likeness (QED) is 0.558. The van der Waals surface area contributed by atoms with Gasteiger partial charge in [0.2, 0.25) is 0 Å². The summed E-state index contributed by atoms with van der Waals surface area (Å²) in [5, 5.41) is 0. The molecule has 0 N–H and O–H groups in total. The molecule has 0 amide bonds.